The summed E-state index contributed by atoms with van der Waals surface area (Å²) in [6, 6.07) is 8.09. The van der Waals surface area contributed by atoms with Crippen molar-refractivity contribution in [3.05, 3.63) is 40.8 Å². The quantitative estimate of drug-likeness (QED) is 0.822. The lowest BCUT2D eigenvalue weighted by Crippen LogP contribution is -2.20. The highest BCUT2D eigenvalue weighted by atomic mass is 35.5. The monoisotopic (exact) mass is 302 g/mol. The van der Waals surface area contributed by atoms with E-state index in [2.05, 4.69) is 15.3 Å². The van der Waals surface area contributed by atoms with E-state index >= 15 is 0 Å². The minimum atomic E-state index is -0.0418. The van der Waals surface area contributed by atoms with Crippen molar-refractivity contribution in [1.82, 2.24) is 9.97 Å². The Kier molecular flexibility index (Phi) is 3.51. The maximum Gasteiger partial charge on any atom is 0.226 e. The third-order valence-corrected chi connectivity index (χ3v) is 3.64. The van der Waals surface area contributed by atoms with Gasteiger partial charge in [0.1, 0.15) is 5.69 Å². The summed E-state index contributed by atoms with van der Waals surface area (Å²) in [4.78, 5) is 22.3. The van der Waals surface area contributed by atoms with E-state index in [0.717, 1.165) is 5.69 Å². The number of hydrogen-bond acceptors (Lipinski definition) is 4. The number of fused-ring (bicyclic) bond motifs is 1. The molecule has 21 heavy (non-hydrogen) atoms. The van der Waals surface area contributed by atoms with Gasteiger partial charge in [-0.1, -0.05) is 17.7 Å². The molecular formula is C15H15ClN4O. The number of aromatic nitrogens is 2. The molecule has 1 aliphatic heterocycles. The van der Waals surface area contributed by atoms with Gasteiger partial charge in [0.15, 0.2) is 5.82 Å². The number of rotatable bonds is 1. The van der Waals surface area contributed by atoms with Gasteiger partial charge < -0.3 is 10.2 Å². The Hall–Kier alpha value is -2.14. The fraction of sp³-hybridized carbons (Fsp3) is 0.267. The predicted octanol–water partition coefficient (Wildman–Crippen LogP) is 3.23. The minimum Gasteiger partial charge on any atom is -0.324 e. The first-order valence-electron chi connectivity index (χ1n) is 6.73. The molecule has 0 saturated heterocycles. The van der Waals surface area contributed by atoms with Crippen LogP contribution in [-0.2, 0) is 4.79 Å². The number of carbonyl (C=O) groups is 1. The van der Waals surface area contributed by atoms with Crippen LogP contribution in [0.3, 0.4) is 0 Å². The number of nitrogens with one attached hydrogen (secondary N) is 1. The second-order valence-electron chi connectivity index (χ2n) is 5.06. The topological polar surface area (TPSA) is 58.1 Å². The second kappa shape index (κ2) is 5.33. The maximum atomic E-state index is 11.9. The summed E-state index contributed by atoms with van der Waals surface area (Å²) in [6.07, 6.45) is 0.390. The van der Waals surface area contributed by atoms with Crippen molar-refractivity contribution in [2.24, 2.45) is 0 Å². The molecule has 108 valence electrons. The third-order valence-electron chi connectivity index (χ3n) is 3.47. The molecule has 0 bridgehead atoms. The van der Waals surface area contributed by atoms with Crippen molar-refractivity contribution in [2.45, 2.75) is 20.3 Å². The Morgan fingerprint density at radius 1 is 1.19 bits per heavy atom. The van der Waals surface area contributed by atoms with Gasteiger partial charge in [0.2, 0.25) is 11.2 Å². The number of hydrogen-bond donors (Lipinski definition) is 1. The molecule has 5 nitrogen and oxygen atoms in total. The number of halogens is 1. The highest BCUT2D eigenvalue weighted by Crippen LogP contribution is 2.35. The molecule has 2 heterocycles. The molecule has 1 aromatic carbocycles. The summed E-state index contributed by atoms with van der Waals surface area (Å²) in [7, 11) is 0. The molecule has 0 atom stereocenters. The van der Waals surface area contributed by atoms with Gasteiger partial charge in [-0.25, -0.2) is 4.98 Å². The first-order chi connectivity index (χ1) is 10.0. The Labute approximate surface area is 128 Å². The molecule has 1 N–H and O–H groups in total. The first-order valence-corrected chi connectivity index (χ1v) is 7.10. The molecule has 0 radical (unpaired) electrons. The molecular weight excluding hydrogens is 288 g/mol. The predicted molar refractivity (Wildman–Crippen MR) is 83.2 cm³/mol. The van der Waals surface area contributed by atoms with Crippen molar-refractivity contribution in [2.75, 3.05) is 16.8 Å². The van der Waals surface area contributed by atoms with Crippen LogP contribution in [0.25, 0.3) is 0 Å². The number of benzene rings is 1. The standard InChI is InChI=1S/C15H15ClN4O/c1-9-3-5-11(6-4-9)20-8-7-12(21)18-13-10(2)17-15(16)19-14(13)20/h3-6H,7-8H2,1-2H3,(H,18,21). The maximum absolute atomic E-state index is 11.9. The SMILES string of the molecule is Cc1ccc(N2CCC(=O)Nc3c(C)nc(Cl)nc32)cc1. The molecule has 0 fully saturated rings. The normalized spacial score (nSPS) is 14.4. The van der Waals surface area contributed by atoms with Gasteiger partial charge in [-0.3, -0.25) is 4.79 Å². The summed E-state index contributed by atoms with van der Waals surface area (Å²) >= 11 is 5.99. The van der Waals surface area contributed by atoms with E-state index in [9.17, 15) is 4.79 Å². The Balaban J connectivity index is 2.14. The summed E-state index contributed by atoms with van der Waals surface area (Å²) in [5.74, 6) is 0.599. The lowest BCUT2D eigenvalue weighted by molar-refractivity contribution is -0.115. The number of aryl methyl sites for hydroxylation is 2. The Bertz CT molecular complexity index is 700. The molecule has 1 aliphatic rings. The fourth-order valence-corrected chi connectivity index (χ4v) is 2.57. The smallest absolute Gasteiger partial charge is 0.226 e. The molecule has 1 aromatic heterocycles. The van der Waals surface area contributed by atoms with Gasteiger partial charge in [-0.15, -0.1) is 0 Å². The number of anilines is 3. The summed E-state index contributed by atoms with van der Waals surface area (Å²) < 4.78 is 0. The molecule has 2 aromatic rings. The van der Waals surface area contributed by atoms with Crippen LogP contribution < -0.4 is 10.2 Å². The average molecular weight is 303 g/mol. The largest absolute Gasteiger partial charge is 0.324 e. The Morgan fingerprint density at radius 2 is 1.90 bits per heavy atom. The molecule has 1 amide bonds. The van der Waals surface area contributed by atoms with Crippen LogP contribution in [0.15, 0.2) is 24.3 Å². The van der Waals surface area contributed by atoms with Crippen LogP contribution in [0.2, 0.25) is 5.28 Å². The van der Waals surface area contributed by atoms with Crippen molar-refractivity contribution in [3.63, 3.8) is 0 Å². The molecule has 0 saturated carbocycles. The zero-order valence-corrected chi connectivity index (χ0v) is 12.6. The van der Waals surface area contributed by atoms with E-state index < -0.39 is 0 Å². The molecule has 0 unspecified atom stereocenters. The number of amides is 1. The van der Waals surface area contributed by atoms with E-state index in [1.807, 2.05) is 43.0 Å². The zero-order chi connectivity index (χ0) is 15.0. The first kappa shape index (κ1) is 13.8. The highest BCUT2D eigenvalue weighted by Gasteiger charge is 2.24. The molecule has 6 heteroatoms. The molecule has 3 rings (SSSR count). The van der Waals surface area contributed by atoms with Gasteiger partial charge in [-0.2, -0.15) is 4.98 Å². The molecule has 0 spiro atoms. The van der Waals surface area contributed by atoms with Gasteiger partial charge in [-0.05, 0) is 37.6 Å². The van der Waals surface area contributed by atoms with Crippen LogP contribution in [0.1, 0.15) is 17.7 Å². The van der Waals surface area contributed by atoms with Crippen LogP contribution in [0.5, 0.6) is 0 Å². The van der Waals surface area contributed by atoms with Crippen LogP contribution in [-0.4, -0.2) is 22.4 Å². The Morgan fingerprint density at radius 3 is 2.62 bits per heavy atom. The van der Waals surface area contributed by atoms with Gasteiger partial charge >= 0.3 is 0 Å². The average Bonchev–Trinajstić information content (AvgIpc) is 2.60. The van der Waals surface area contributed by atoms with E-state index in [4.69, 9.17) is 11.6 Å². The van der Waals surface area contributed by atoms with Crippen molar-refractivity contribution < 1.29 is 4.79 Å². The summed E-state index contributed by atoms with van der Waals surface area (Å²) in [5.41, 5.74) is 3.45. The summed E-state index contributed by atoms with van der Waals surface area (Å²) in [6.45, 7) is 4.40. The minimum absolute atomic E-state index is 0.0418. The number of carbonyl (C=O) groups excluding carboxylic acids is 1. The van der Waals surface area contributed by atoms with Crippen molar-refractivity contribution >= 4 is 34.7 Å². The summed E-state index contributed by atoms with van der Waals surface area (Å²) in [5, 5.41) is 3.04. The fourth-order valence-electron chi connectivity index (χ4n) is 2.36. The number of nitrogens with zero attached hydrogens (tertiary/aromatic N) is 3. The van der Waals surface area contributed by atoms with E-state index in [0.29, 0.717) is 30.2 Å². The highest BCUT2D eigenvalue weighted by molar-refractivity contribution is 6.28. The second-order valence-corrected chi connectivity index (χ2v) is 5.40. The van der Waals surface area contributed by atoms with Crippen molar-refractivity contribution in [3.8, 4) is 0 Å². The van der Waals surface area contributed by atoms with Gasteiger partial charge in [0.05, 0.1) is 5.69 Å². The van der Waals surface area contributed by atoms with Gasteiger partial charge in [0, 0.05) is 18.7 Å². The van der Waals surface area contributed by atoms with E-state index in [1.54, 1.807) is 0 Å². The third kappa shape index (κ3) is 2.69. The van der Waals surface area contributed by atoms with Crippen LogP contribution in [0.4, 0.5) is 17.2 Å². The lowest BCUT2D eigenvalue weighted by atomic mass is 10.2. The van der Waals surface area contributed by atoms with Crippen LogP contribution >= 0.6 is 11.6 Å². The zero-order valence-electron chi connectivity index (χ0n) is 11.9. The van der Waals surface area contributed by atoms with E-state index in [-0.39, 0.29) is 11.2 Å². The van der Waals surface area contributed by atoms with Crippen LogP contribution in [0, 0.1) is 13.8 Å². The molecule has 0 aliphatic carbocycles. The van der Waals surface area contributed by atoms with E-state index in [1.165, 1.54) is 5.56 Å². The van der Waals surface area contributed by atoms with Crippen molar-refractivity contribution in [1.29, 1.82) is 0 Å². The lowest BCUT2D eigenvalue weighted by Gasteiger charge is -2.23. The van der Waals surface area contributed by atoms with Gasteiger partial charge in [0.25, 0.3) is 0 Å².